The van der Waals surface area contributed by atoms with Gasteiger partial charge in [0.15, 0.2) is 5.96 Å². The first kappa shape index (κ1) is 23.3. The minimum atomic E-state index is 0.0108. The van der Waals surface area contributed by atoms with Gasteiger partial charge in [-0.2, -0.15) is 0 Å². The predicted molar refractivity (Wildman–Crippen MR) is 131 cm³/mol. The fourth-order valence-corrected chi connectivity index (χ4v) is 4.61. The van der Waals surface area contributed by atoms with E-state index in [9.17, 15) is 4.79 Å². The zero-order chi connectivity index (χ0) is 22.1. The molecule has 0 saturated carbocycles. The van der Waals surface area contributed by atoms with Crippen LogP contribution in [0.1, 0.15) is 49.6 Å². The maximum atomic E-state index is 12.2. The largest absolute Gasteiger partial charge is 0.354 e. The average Bonchev–Trinajstić information content (AvgIpc) is 3.50. The van der Waals surface area contributed by atoms with Crippen molar-refractivity contribution in [2.24, 2.45) is 10.9 Å². The summed E-state index contributed by atoms with van der Waals surface area (Å²) < 4.78 is 0. The number of anilines is 1. The van der Waals surface area contributed by atoms with Crippen LogP contribution in [0, 0.1) is 5.92 Å². The van der Waals surface area contributed by atoms with Crippen LogP contribution in [0.25, 0.3) is 0 Å². The van der Waals surface area contributed by atoms with Gasteiger partial charge in [0, 0.05) is 36.6 Å². The third kappa shape index (κ3) is 6.80. The summed E-state index contributed by atoms with van der Waals surface area (Å²) in [5, 5.41) is 12.1. The molecule has 6 nitrogen and oxygen atoms in total. The molecule has 3 N–H and O–H groups in total. The van der Waals surface area contributed by atoms with Crippen molar-refractivity contribution in [2.45, 2.75) is 45.7 Å². The maximum absolute atomic E-state index is 12.2. The maximum Gasteiger partial charge on any atom is 0.227 e. The molecule has 31 heavy (non-hydrogen) atoms. The van der Waals surface area contributed by atoms with Crippen LogP contribution in [0.2, 0.25) is 0 Å². The van der Waals surface area contributed by atoms with Crippen LogP contribution in [0.4, 0.5) is 5.69 Å². The van der Waals surface area contributed by atoms with E-state index in [1.165, 1.54) is 17.7 Å². The highest BCUT2D eigenvalue weighted by Gasteiger charge is 2.24. The van der Waals surface area contributed by atoms with Crippen molar-refractivity contribution in [1.82, 2.24) is 15.5 Å². The fraction of sp³-hybridized carbons (Fsp3) is 0.500. The van der Waals surface area contributed by atoms with Crippen molar-refractivity contribution in [3.8, 4) is 0 Å². The Balaban J connectivity index is 1.54. The summed E-state index contributed by atoms with van der Waals surface area (Å²) in [6, 6.07) is 12.7. The molecular formula is C24H35N5OS. The number of benzene rings is 1. The molecule has 0 radical (unpaired) electrons. The number of nitrogens with one attached hydrogen (secondary N) is 3. The Bertz CT molecular complexity index is 845. The zero-order valence-corrected chi connectivity index (χ0v) is 19.7. The van der Waals surface area contributed by atoms with Gasteiger partial charge >= 0.3 is 0 Å². The molecule has 0 bridgehead atoms. The van der Waals surface area contributed by atoms with Gasteiger partial charge in [0.25, 0.3) is 0 Å². The summed E-state index contributed by atoms with van der Waals surface area (Å²) >= 11 is 1.82. The summed E-state index contributed by atoms with van der Waals surface area (Å²) in [6.45, 7) is 7.75. The van der Waals surface area contributed by atoms with Crippen LogP contribution >= 0.6 is 11.3 Å². The Morgan fingerprint density at radius 1 is 1.19 bits per heavy atom. The summed E-state index contributed by atoms with van der Waals surface area (Å²) in [4.78, 5) is 20.5. The molecule has 1 aliphatic rings. The van der Waals surface area contributed by atoms with Crippen molar-refractivity contribution in [3.63, 3.8) is 0 Å². The van der Waals surface area contributed by atoms with Crippen LogP contribution in [0.15, 0.2) is 46.8 Å². The Morgan fingerprint density at radius 2 is 2.00 bits per heavy atom. The van der Waals surface area contributed by atoms with E-state index >= 15 is 0 Å². The molecule has 1 aromatic heterocycles. The third-order valence-corrected chi connectivity index (χ3v) is 6.83. The number of hydrogen-bond acceptors (Lipinski definition) is 4. The van der Waals surface area contributed by atoms with Crippen molar-refractivity contribution in [2.75, 3.05) is 32.0 Å². The van der Waals surface area contributed by atoms with Crippen LogP contribution in [-0.4, -0.2) is 43.4 Å². The second-order valence-electron chi connectivity index (χ2n) is 8.08. The molecule has 2 heterocycles. The highest BCUT2D eigenvalue weighted by molar-refractivity contribution is 7.10. The number of carbonyl (C=O) groups excluding carboxylic acids is 1. The number of thiophene rings is 1. The number of hydrogen-bond donors (Lipinski definition) is 3. The highest BCUT2D eigenvalue weighted by atomic mass is 32.1. The van der Waals surface area contributed by atoms with E-state index in [4.69, 9.17) is 0 Å². The van der Waals surface area contributed by atoms with Crippen molar-refractivity contribution < 1.29 is 4.79 Å². The normalized spacial score (nSPS) is 16.7. The van der Waals surface area contributed by atoms with Crippen molar-refractivity contribution in [1.29, 1.82) is 0 Å². The van der Waals surface area contributed by atoms with Crippen LogP contribution in [0.5, 0.6) is 0 Å². The Kier molecular flexibility index (Phi) is 8.91. The Morgan fingerprint density at radius 3 is 2.68 bits per heavy atom. The first-order valence-electron chi connectivity index (χ1n) is 11.2. The third-order valence-electron chi connectivity index (χ3n) is 5.85. The molecular weight excluding hydrogens is 406 g/mol. The zero-order valence-electron chi connectivity index (χ0n) is 18.9. The first-order chi connectivity index (χ1) is 15.1. The molecule has 1 aliphatic heterocycles. The summed E-state index contributed by atoms with van der Waals surface area (Å²) in [7, 11) is 1.80. The average molecular weight is 442 g/mol. The van der Waals surface area contributed by atoms with Gasteiger partial charge in [0.1, 0.15) is 0 Å². The van der Waals surface area contributed by atoms with Gasteiger partial charge in [-0.05, 0) is 61.5 Å². The van der Waals surface area contributed by atoms with E-state index in [2.05, 4.69) is 49.4 Å². The Labute approximate surface area is 190 Å². The molecule has 0 spiro atoms. The van der Waals surface area contributed by atoms with Crippen LogP contribution < -0.4 is 16.0 Å². The first-order valence-corrected chi connectivity index (χ1v) is 12.1. The van der Waals surface area contributed by atoms with Gasteiger partial charge in [0.05, 0.1) is 6.04 Å². The van der Waals surface area contributed by atoms with E-state index in [-0.39, 0.29) is 11.8 Å². The van der Waals surface area contributed by atoms with E-state index < -0.39 is 0 Å². The lowest BCUT2D eigenvalue weighted by Gasteiger charge is -2.27. The molecule has 1 saturated heterocycles. The van der Waals surface area contributed by atoms with E-state index in [0.717, 1.165) is 43.3 Å². The fourth-order valence-electron chi connectivity index (χ4n) is 3.75. The number of nitrogens with zero attached hydrogens (tertiary/aromatic N) is 2. The molecule has 0 aliphatic carbocycles. The second-order valence-corrected chi connectivity index (χ2v) is 9.06. The monoisotopic (exact) mass is 441 g/mol. The van der Waals surface area contributed by atoms with Crippen molar-refractivity contribution >= 4 is 28.9 Å². The molecule has 168 valence electrons. The summed E-state index contributed by atoms with van der Waals surface area (Å²) in [5.41, 5.74) is 1.93. The molecule has 7 heteroatoms. The van der Waals surface area contributed by atoms with Crippen molar-refractivity contribution in [3.05, 3.63) is 52.2 Å². The summed E-state index contributed by atoms with van der Waals surface area (Å²) in [6.07, 6.45) is 3.39. The second kappa shape index (κ2) is 11.9. The van der Waals surface area contributed by atoms with Gasteiger partial charge < -0.3 is 16.0 Å². The van der Waals surface area contributed by atoms with Crippen LogP contribution in [0.3, 0.4) is 0 Å². The number of carbonyl (C=O) groups is 1. The quantitative estimate of drug-likeness (QED) is 0.402. The smallest absolute Gasteiger partial charge is 0.227 e. The Hall–Kier alpha value is -2.38. The van der Waals surface area contributed by atoms with Gasteiger partial charge in [-0.25, -0.2) is 0 Å². The lowest BCUT2D eigenvalue weighted by atomic mass is 10.1. The number of likely N-dealkylation sites (tertiary alicyclic amines) is 1. The topological polar surface area (TPSA) is 68.8 Å². The standard InChI is InChI=1S/C24H35N5OS/c1-4-18(2)23(30)28-20-10-7-9-19(15-20)16-26-24(25-3)27-17-21(22-11-8-14-31-22)29-12-5-6-13-29/h7-11,14-15,18,21H,4-6,12-13,16-17H2,1-3H3,(H,28,30)(H2,25,26,27). The van der Waals surface area contributed by atoms with Gasteiger partial charge in [-0.15, -0.1) is 11.3 Å². The van der Waals surface area contributed by atoms with Gasteiger partial charge in [-0.3, -0.25) is 14.7 Å². The molecule has 2 atom stereocenters. The number of amides is 1. The molecule has 1 aromatic carbocycles. The van der Waals surface area contributed by atoms with Crippen LogP contribution in [-0.2, 0) is 11.3 Å². The van der Waals surface area contributed by atoms with E-state index in [0.29, 0.717) is 12.6 Å². The predicted octanol–water partition coefficient (Wildman–Crippen LogP) is 4.23. The van der Waals surface area contributed by atoms with E-state index in [1.807, 2.05) is 43.4 Å². The molecule has 2 aromatic rings. The minimum absolute atomic E-state index is 0.0108. The van der Waals surface area contributed by atoms with Gasteiger partial charge in [0.2, 0.25) is 5.91 Å². The molecule has 2 unspecified atom stereocenters. The molecule has 3 rings (SSSR count). The lowest BCUT2D eigenvalue weighted by molar-refractivity contribution is -0.119. The summed E-state index contributed by atoms with van der Waals surface area (Å²) in [5.74, 6) is 0.859. The minimum Gasteiger partial charge on any atom is -0.354 e. The number of guanidine groups is 1. The number of rotatable bonds is 9. The highest BCUT2D eigenvalue weighted by Crippen LogP contribution is 2.27. The molecule has 1 amide bonds. The van der Waals surface area contributed by atoms with E-state index in [1.54, 1.807) is 7.05 Å². The number of aliphatic imine (C=N–C) groups is 1. The SMILES string of the molecule is CCC(C)C(=O)Nc1cccc(CNC(=NC)NCC(c2cccs2)N2CCCC2)c1. The molecule has 1 fully saturated rings. The van der Waals surface area contributed by atoms with Gasteiger partial charge in [-0.1, -0.05) is 32.0 Å². The lowest BCUT2D eigenvalue weighted by Crippen LogP contribution is -2.42.